The number of nitrogens with two attached hydrogens (primary N) is 1. The lowest BCUT2D eigenvalue weighted by Crippen LogP contribution is -2.38. The Morgan fingerprint density at radius 3 is 3.08 bits per heavy atom. The molecule has 0 fully saturated rings. The number of aliphatic hydroxyl groups is 1. The first-order chi connectivity index (χ1) is 5.70. The van der Waals surface area contributed by atoms with E-state index in [2.05, 4.69) is 14.7 Å². The first-order valence-corrected chi connectivity index (χ1v) is 4.41. The van der Waals surface area contributed by atoms with Crippen LogP contribution in [-0.2, 0) is 0 Å². The Morgan fingerprint density at radius 2 is 2.58 bits per heavy atom. The zero-order chi connectivity index (χ0) is 8.97. The van der Waals surface area contributed by atoms with E-state index >= 15 is 0 Å². The van der Waals surface area contributed by atoms with E-state index in [1.165, 1.54) is 17.9 Å². The van der Waals surface area contributed by atoms with Crippen molar-refractivity contribution in [2.24, 2.45) is 5.73 Å². The third-order valence-electron chi connectivity index (χ3n) is 1.47. The Labute approximate surface area is 74.8 Å². The molecular weight excluding hydrogens is 176 g/mol. The van der Waals surface area contributed by atoms with Crippen molar-refractivity contribution in [3.63, 3.8) is 0 Å². The Hall–Kier alpha value is -0.720. The second kappa shape index (κ2) is 4.34. The summed E-state index contributed by atoms with van der Waals surface area (Å²) >= 11 is 1.27. The average Bonchev–Trinajstić information content (AvgIpc) is 2.51. The summed E-state index contributed by atoms with van der Waals surface area (Å²) in [6.07, 6.45) is 0.964. The molecule has 4 N–H and O–H groups in total. The van der Waals surface area contributed by atoms with E-state index in [1.807, 2.05) is 0 Å². The van der Waals surface area contributed by atoms with Gasteiger partial charge in [0.25, 0.3) is 0 Å². The van der Waals surface area contributed by atoms with Gasteiger partial charge in [-0.15, -0.1) is 0 Å². The van der Waals surface area contributed by atoms with Crippen LogP contribution in [0.25, 0.3) is 0 Å². The van der Waals surface area contributed by atoms with Crippen molar-refractivity contribution in [3.05, 3.63) is 6.33 Å². The highest BCUT2D eigenvalue weighted by molar-refractivity contribution is 7.09. The molecule has 0 amide bonds. The van der Waals surface area contributed by atoms with Gasteiger partial charge in [-0.1, -0.05) is 0 Å². The lowest BCUT2D eigenvalue weighted by atomic mass is 10.2. The number of nitrogens with zero attached hydrogens (tertiary/aromatic N) is 2. The minimum Gasteiger partial charge on any atom is -0.392 e. The van der Waals surface area contributed by atoms with Gasteiger partial charge in [-0.05, 0) is 6.92 Å². The van der Waals surface area contributed by atoms with Gasteiger partial charge >= 0.3 is 0 Å². The van der Waals surface area contributed by atoms with Crippen molar-refractivity contribution in [2.45, 2.75) is 19.1 Å². The molecule has 1 rings (SSSR count). The number of hydrogen-bond donors (Lipinski definition) is 3. The van der Waals surface area contributed by atoms with Gasteiger partial charge in [0.15, 0.2) is 0 Å². The van der Waals surface area contributed by atoms with Crippen molar-refractivity contribution in [1.29, 1.82) is 0 Å². The Kier molecular flexibility index (Phi) is 3.39. The number of rotatable bonds is 4. The summed E-state index contributed by atoms with van der Waals surface area (Å²) < 4.78 is 3.81. The molecule has 68 valence electrons. The topological polar surface area (TPSA) is 84.1 Å². The largest absolute Gasteiger partial charge is 0.392 e. The van der Waals surface area contributed by atoms with Gasteiger partial charge in [0.05, 0.1) is 6.10 Å². The van der Waals surface area contributed by atoms with Crippen LogP contribution in [0.5, 0.6) is 0 Å². The van der Waals surface area contributed by atoms with Crippen LogP contribution in [0.2, 0.25) is 0 Å². The molecule has 0 saturated carbocycles. The summed E-state index contributed by atoms with van der Waals surface area (Å²) in [4.78, 5) is 3.91. The third kappa shape index (κ3) is 2.72. The normalized spacial score (nSPS) is 15.6. The number of aliphatic hydroxyl groups excluding tert-OH is 1. The van der Waals surface area contributed by atoms with Crippen molar-refractivity contribution in [3.8, 4) is 0 Å². The monoisotopic (exact) mass is 188 g/mol. The maximum absolute atomic E-state index is 9.05. The van der Waals surface area contributed by atoms with Crippen molar-refractivity contribution in [2.75, 3.05) is 11.9 Å². The van der Waals surface area contributed by atoms with E-state index in [9.17, 15) is 0 Å². The molecule has 5 nitrogen and oxygen atoms in total. The van der Waals surface area contributed by atoms with Gasteiger partial charge in [0.1, 0.15) is 6.33 Å². The first kappa shape index (κ1) is 9.37. The quantitative estimate of drug-likeness (QED) is 0.602. The molecule has 6 heteroatoms. The summed E-state index contributed by atoms with van der Waals surface area (Å²) in [6.45, 7) is 2.17. The number of aromatic nitrogens is 2. The Balaban J connectivity index is 2.27. The summed E-state index contributed by atoms with van der Waals surface area (Å²) in [5.74, 6) is 0. The number of hydrogen-bond acceptors (Lipinski definition) is 6. The van der Waals surface area contributed by atoms with Gasteiger partial charge in [0, 0.05) is 24.1 Å². The molecule has 0 spiro atoms. The maximum Gasteiger partial charge on any atom is 0.202 e. The summed E-state index contributed by atoms with van der Waals surface area (Å²) in [6, 6.07) is -0.270. The molecule has 0 aromatic carbocycles. The van der Waals surface area contributed by atoms with E-state index in [0.29, 0.717) is 6.54 Å². The smallest absolute Gasteiger partial charge is 0.202 e. The molecular formula is C6H12N4OS. The highest BCUT2D eigenvalue weighted by atomic mass is 32.1. The molecule has 1 aromatic heterocycles. The SMILES string of the molecule is CC(O)C(N)CNc1ncns1. The molecule has 0 aliphatic heterocycles. The molecule has 12 heavy (non-hydrogen) atoms. The minimum atomic E-state index is -0.509. The van der Waals surface area contributed by atoms with Gasteiger partial charge in [-0.2, -0.15) is 4.37 Å². The van der Waals surface area contributed by atoms with E-state index in [4.69, 9.17) is 10.8 Å². The van der Waals surface area contributed by atoms with E-state index in [0.717, 1.165) is 5.13 Å². The van der Waals surface area contributed by atoms with Crippen LogP contribution in [0.1, 0.15) is 6.92 Å². The van der Waals surface area contributed by atoms with Crippen LogP contribution in [0.3, 0.4) is 0 Å². The van der Waals surface area contributed by atoms with E-state index in [-0.39, 0.29) is 6.04 Å². The summed E-state index contributed by atoms with van der Waals surface area (Å²) in [5.41, 5.74) is 5.58. The van der Waals surface area contributed by atoms with Gasteiger partial charge in [-0.25, -0.2) is 4.98 Å². The fourth-order valence-electron chi connectivity index (χ4n) is 0.627. The maximum atomic E-state index is 9.05. The van der Waals surface area contributed by atoms with E-state index in [1.54, 1.807) is 6.92 Å². The second-order valence-electron chi connectivity index (χ2n) is 2.53. The molecule has 0 aliphatic carbocycles. The molecule has 2 unspecified atom stereocenters. The van der Waals surface area contributed by atoms with Crippen molar-refractivity contribution < 1.29 is 5.11 Å². The van der Waals surface area contributed by atoms with Crippen LogP contribution >= 0.6 is 11.5 Å². The fraction of sp³-hybridized carbons (Fsp3) is 0.667. The van der Waals surface area contributed by atoms with Gasteiger partial charge in [0.2, 0.25) is 5.13 Å². The lowest BCUT2D eigenvalue weighted by Gasteiger charge is -2.14. The molecule has 1 heterocycles. The van der Waals surface area contributed by atoms with Crippen LogP contribution in [0.15, 0.2) is 6.33 Å². The average molecular weight is 188 g/mol. The molecule has 0 bridgehead atoms. The molecule has 0 aliphatic rings. The second-order valence-corrected chi connectivity index (χ2v) is 3.31. The van der Waals surface area contributed by atoms with Crippen LogP contribution in [0, 0.1) is 0 Å². The Morgan fingerprint density at radius 1 is 1.83 bits per heavy atom. The van der Waals surface area contributed by atoms with Crippen molar-refractivity contribution in [1.82, 2.24) is 9.36 Å². The van der Waals surface area contributed by atoms with Gasteiger partial charge in [-0.3, -0.25) is 0 Å². The van der Waals surface area contributed by atoms with Crippen molar-refractivity contribution >= 4 is 16.7 Å². The third-order valence-corrected chi connectivity index (χ3v) is 2.09. The number of anilines is 1. The highest BCUT2D eigenvalue weighted by Gasteiger charge is 2.08. The molecule has 0 radical (unpaired) electrons. The summed E-state index contributed by atoms with van der Waals surface area (Å²) in [7, 11) is 0. The predicted octanol–water partition coefficient (Wildman–Crippen LogP) is -0.342. The molecule has 0 saturated heterocycles. The first-order valence-electron chi connectivity index (χ1n) is 3.64. The fourth-order valence-corrected chi connectivity index (χ4v) is 1.06. The summed E-state index contributed by atoms with van der Waals surface area (Å²) in [5, 5.41) is 12.7. The molecule has 1 aromatic rings. The Bertz CT molecular complexity index is 213. The predicted molar refractivity (Wildman–Crippen MR) is 48.1 cm³/mol. The minimum absolute atomic E-state index is 0.270. The highest BCUT2D eigenvalue weighted by Crippen LogP contribution is 2.05. The standard InChI is InChI=1S/C6H12N4OS/c1-4(11)5(7)2-8-6-9-3-10-12-6/h3-5,11H,2,7H2,1H3,(H,8,9,10). The van der Waals surface area contributed by atoms with E-state index < -0.39 is 6.10 Å². The lowest BCUT2D eigenvalue weighted by molar-refractivity contribution is 0.168. The number of nitrogens with one attached hydrogen (secondary N) is 1. The van der Waals surface area contributed by atoms with Gasteiger partial charge < -0.3 is 16.2 Å². The zero-order valence-corrected chi connectivity index (χ0v) is 7.58. The zero-order valence-electron chi connectivity index (χ0n) is 6.77. The molecule has 2 atom stereocenters. The van der Waals surface area contributed by atoms with Crippen LogP contribution < -0.4 is 11.1 Å². The van der Waals surface area contributed by atoms with Crippen LogP contribution in [-0.4, -0.2) is 33.2 Å². The van der Waals surface area contributed by atoms with Crippen LogP contribution in [0.4, 0.5) is 5.13 Å².